The summed E-state index contributed by atoms with van der Waals surface area (Å²) < 4.78 is 6.40. The maximum Gasteiger partial charge on any atom is 0.251 e. The minimum Gasteiger partial charge on any atom is -0.490 e. The molecular formula is C11H14BrNO2. The van der Waals surface area contributed by atoms with Crippen LogP contribution in [0.1, 0.15) is 24.2 Å². The molecule has 0 aliphatic heterocycles. The van der Waals surface area contributed by atoms with Crippen LogP contribution < -0.4 is 10.1 Å². The maximum absolute atomic E-state index is 11.4. The van der Waals surface area contributed by atoms with E-state index < -0.39 is 0 Å². The second-order valence-corrected chi connectivity index (χ2v) is 4.25. The fourth-order valence-electron chi connectivity index (χ4n) is 1.13. The van der Waals surface area contributed by atoms with Crippen LogP contribution >= 0.6 is 15.9 Å². The lowest BCUT2D eigenvalue weighted by Gasteiger charge is -2.12. The standard InChI is InChI=1S/C11H14BrNO2/c1-7(2)15-10-6-8(11(14)13-3)4-5-9(10)12/h4-7H,1-3H3,(H,13,14). The van der Waals surface area contributed by atoms with Gasteiger partial charge >= 0.3 is 0 Å². The van der Waals surface area contributed by atoms with Crippen molar-refractivity contribution in [2.24, 2.45) is 0 Å². The van der Waals surface area contributed by atoms with Gasteiger partial charge in [-0.2, -0.15) is 0 Å². The van der Waals surface area contributed by atoms with E-state index in [-0.39, 0.29) is 12.0 Å². The third-order valence-electron chi connectivity index (χ3n) is 1.78. The Bertz CT molecular complexity index is 364. The first-order valence-electron chi connectivity index (χ1n) is 4.73. The number of rotatable bonds is 3. The molecule has 3 nitrogen and oxygen atoms in total. The molecule has 1 aromatic rings. The van der Waals surface area contributed by atoms with Gasteiger partial charge < -0.3 is 10.1 Å². The Kier molecular flexibility index (Phi) is 4.15. The number of halogens is 1. The molecule has 0 aliphatic rings. The quantitative estimate of drug-likeness (QED) is 0.918. The Morgan fingerprint density at radius 3 is 2.67 bits per heavy atom. The van der Waals surface area contributed by atoms with Crippen LogP contribution in [0.15, 0.2) is 22.7 Å². The summed E-state index contributed by atoms with van der Waals surface area (Å²) in [6.07, 6.45) is 0.0845. The molecule has 0 heterocycles. The molecule has 0 radical (unpaired) electrons. The van der Waals surface area contributed by atoms with Gasteiger partial charge in [0.25, 0.3) is 5.91 Å². The molecule has 0 aliphatic carbocycles. The second kappa shape index (κ2) is 5.16. The lowest BCUT2D eigenvalue weighted by Crippen LogP contribution is -2.18. The Labute approximate surface area is 97.9 Å². The highest BCUT2D eigenvalue weighted by Crippen LogP contribution is 2.26. The summed E-state index contributed by atoms with van der Waals surface area (Å²) in [6.45, 7) is 3.89. The van der Waals surface area contributed by atoms with Gasteiger partial charge in [0, 0.05) is 12.6 Å². The van der Waals surface area contributed by atoms with Crippen molar-refractivity contribution in [2.75, 3.05) is 7.05 Å². The summed E-state index contributed by atoms with van der Waals surface area (Å²) in [7, 11) is 1.60. The van der Waals surface area contributed by atoms with E-state index in [1.165, 1.54) is 0 Å². The van der Waals surface area contributed by atoms with E-state index in [0.717, 1.165) is 4.47 Å². The Balaban J connectivity index is 2.99. The van der Waals surface area contributed by atoms with Crippen LogP contribution in [0.2, 0.25) is 0 Å². The molecule has 0 bridgehead atoms. The molecule has 82 valence electrons. The molecule has 0 atom stereocenters. The topological polar surface area (TPSA) is 38.3 Å². The molecule has 0 aromatic heterocycles. The van der Waals surface area contributed by atoms with Gasteiger partial charge in [0.1, 0.15) is 5.75 Å². The zero-order valence-electron chi connectivity index (χ0n) is 9.00. The molecule has 0 saturated carbocycles. The number of carbonyl (C=O) groups excluding carboxylic acids is 1. The van der Waals surface area contributed by atoms with Crippen LogP contribution in [0.25, 0.3) is 0 Å². The van der Waals surface area contributed by atoms with Crippen molar-refractivity contribution in [1.29, 1.82) is 0 Å². The summed E-state index contributed by atoms with van der Waals surface area (Å²) in [6, 6.07) is 5.28. The zero-order valence-corrected chi connectivity index (χ0v) is 10.6. The number of amides is 1. The lowest BCUT2D eigenvalue weighted by molar-refractivity contribution is 0.0962. The van der Waals surface area contributed by atoms with Crippen molar-refractivity contribution >= 4 is 21.8 Å². The van der Waals surface area contributed by atoms with E-state index in [0.29, 0.717) is 11.3 Å². The molecule has 0 unspecified atom stereocenters. The summed E-state index contributed by atoms with van der Waals surface area (Å²) in [5.41, 5.74) is 0.594. The third kappa shape index (κ3) is 3.23. The number of hydrogen-bond donors (Lipinski definition) is 1. The first-order chi connectivity index (χ1) is 7.04. The van der Waals surface area contributed by atoms with Crippen LogP contribution in [0, 0.1) is 0 Å². The van der Waals surface area contributed by atoms with E-state index in [9.17, 15) is 4.79 Å². The number of carbonyl (C=O) groups is 1. The SMILES string of the molecule is CNC(=O)c1ccc(Br)c(OC(C)C)c1. The Morgan fingerprint density at radius 1 is 1.47 bits per heavy atom. The van der Waals surface area contributed by atoms with Crippen molar-refractivity contribution < 1.29 is 9.53 Å². The lowest BCUT2D eigenvalue weighted by atomic mass is 10.2. The van der Waals surface area contributed by atoms with Crippen LogP contribution in [0.4, 0.5) is 0 Å². The molecule has 0 spiro atoms. The molecule has 0 saturated heterocycles. The zero-order chi connectivity index (χ0) is 11.4. The van der Waals surface area contributed by atoms with Crippen LogP contribution in [-0.4, -0.2) is 19.1 Å². The average molecular weight is 272 g/mol. The molecule has 1 aromatic carbocycles. The molecule has 1 rings (SSSR count). The van der Waals surface area contributed by atoms with Gasteiger partial charge in [-0.05, 0) is 48.0 Å². The first-order valence-corrected chi connectivity index (χ1v) is 5.52. The van der Waals surface area contributed by atoms with Gasteiger partial charge in [-0.25, -0.2) is 0 Å². The largest absolute Gasteiger partial charge is 0.490 e. The van der Waals surface area contributed by atoms with Gasteiger partial charge in [0.05, 0.1) is 10.6 Å². The highest BCUT2D eigenvalue weighted by atomic mass is 79.9. The van der Waals surface area contributed by atoms with Gasteiger partial charge in [-0.1, -0.05) is 0 Å². The number of hydrogen-bond acceptors (Lipinski definition) is 2. The van der Waals surface area contributed by atoms with Gasteiger partial charge in [-0.15, -0.1) is 0 Å². The van der Waals surface area contributed by atoms with Crippen LogP contribution in [0.5, 0.6) is 5.75 Å². The molecule has 0 fully saturated rings. The normalized spacial score (nSPS) is 10.2. The summed E-state index contributed by atoms with van der Waals surface area (Å²) in [5.74, 6) is 0.571. The predicted molar refractivity (Wildman–Crippen MR) is 63.3 cm³/mol. The van der Waals surface area contributed by atoms with Crippen LogP contribution in [0.3, 0.4) is 0 Å². The van der Waals surface area contributed by atoms with E-state index in [1.54, 1.807) is 19.2 Å². The molecule has 15 heavy (non-hydrogen) atoms. The summed E-state index contributed by atoms with van der Waals surface area (Å²) in [5, 5.41) is 2.57. The highest BCUT2D eigenvalue weighted by molar-refractivity contribution is 9.10. The van der Waals surface area contributed by atoms with Gasteiger partial charge in [-0.3, -0.25) is 4.79 Å². The summed E-state index contributed by atoms with van der Waals surface area (Å²) in [4.78, 5) is 11.4. The van der Waals surface area contributed by atoms with Crippen molar-refractivity contribution in [1.82, 2.24) is 5.32 Å². The fraction of sp³-hybridized carbons (Fsp3) is 0.364. The Hall–Kier alpha value is -1.03. The van der Waals surface area contributed by atoms with Crippen LogP contribution in [-0.2, 0) is 0 Å². The Morgan fingerprint density at radius 2 is 2.13 bits per heavy atom. The second-order valence-electron chi connectivity index (χ2n) is 3.39. The average Bonchev–Trinajstić information content (AvgIpc) is 2.19. The molecular weight excluding hydrogens is 258 g/mol. The first kappa shape index (κ1) is 12.0. The van der Waals surface area contributed by atoms with Gasteiger partial charge in [0.15, 0.2) is 0 Å². The van der Waals surface area contributed by atoms with E-state index in [2.05, 4.69) is 21.2 Å². The fourth-order valence-corrected chi connectivity index (χ4v) is 1.47. The highest BCUT2D eigenvalue weighted by Gasteiger charge is 2.08. The number of nitrogens with one attached hydrogen (secondary N) is 1. The number of benzene rings is 1. The monoisotopic (exact) mass is 271 g/mol. The van der Waals surface area contributed by atoms with Crippen molar-refractivity contribution in [3.05, 3.63) is 28.2 Å². The molecule has 1 amide bonds. The van der Waals surface area contributed by atoms with E-state index in [4.69, 9.17) is 4.74 Å². The smallest absolute Gasteiger partial charge is 0.251 e. The van der Waals surface area contributed by atoms with Crippen molar-refractivity contribution in [3.8, 4) is 5.75 Å². The van der Waals surface area contributed by atoms with Gasteiger partial charge in [0.2, 0.25) is 0 Å². The van der Waals surface area contributed by atoms with E-state index >= 15 is 0 Å². The maximum atomic E-state index is 11.4. The molecule has 1 N–H and O–H groups in total. The summed E-state index contributed by atoms with van der Waals surface area (Å²) >= 11 is 3.37. The van der Waals surface area contributed by atoms with E-state index in [1.807, 2.05) is 19.9 Å². The third-order valence-corrected chi connectivity index (χ3v) is 2.44. The molecule has 4 heteroatoms. The minimum atomic E-state index is -0.115. The van der Waals surface area contributed by atoms with Crippen molar-refractivity contribution in [2.45, 2.75) is 20.0 Å². The predicted octanol–water partition coefficient (Wildman–Crippen LogP) is 2.60. The van der Waals surface area contributed by atoms with Crippen molar-refractivity contribution in [3.63, 3.8) is 0 Å². The number of ether oxygens (including phenoxy) is 1. The minimum absolute atomic E-state index is 0.0845.